The highest BCUT2D eigenvalue weighted by Crippen LogP contribution is 2.32. The standard InChI is InChI=1S/C21H20N2O3S2/c24-19(13-26-20(25)8-7-15-9-11-27-14-15)23-10-3-4-16(12-23)21-22-17-5-1-2-6-18(17)28-21/h1-2,5-9,11,14,16H,3-4,10,12-13H2/b8-7+/t16-/m1/s1. The molecule has 0 saturated carbocycles. The topological polar surface area (TPSA) is 59.5 Å². The molecule has 4 rings (SSSR count). The van der Waals surface area contributed by atoms with Crippen LogP contribution in [-0.4, -0.2) is 41.5 Å². The molecule has 1 saturated heterocycles. The van der Waals surface area contributed by atoms with Crippen LogP contribution in [0.3, 0.4) is 0 Å². The van der Waals surface area contributed by atoms with Gasteiger partial charge < -0.3 is 9.64 Å². The van der Waals surface area contributed by atoms with Gasteiger partial charge in [0.2, 0.25) is 0 Å². The van der Waals surface area contributed by atoms with Crippen molar-refractivity contribution in [1.82, 2.24) is 9.88 Å². The number of piperidine rings is 1. The van der Waals surface area contributed by atoms with Crippen LogP contribution in [0.4, 0.5) is 0 Å². The smallest absolute Gasteiger partial charge is 0.331 e. The van der Waals surface area contributed by atoms with Crippen molar-refractivity contribution in [2.45, 2.75) is 18.8 Å². The van der Waals surface area contributed by atoms with E-state index >= 15 is 0 Å². The highest BCUT2D eigenvalue weighted by Gasteiger charge is 2.27. The summed E-state index contributed by atoms with van der Waals surface area (Å²) in [6.07, 6.45) is 4.99. The normalized spacial score (nSPS) is 17.3. The van der Waals surface area contributed by atoms with Gasteiger partial charge in [-0.2, -0.15) is 11.3 Å². The van der Waals surface area contributed by atoms with E-state index in [9.17, 15) is 9.59 Å². The summed E-state index contributed by atoms with van der Waals surface area (Å²) in [5.41, 5.74) is 1.96. The third-order valence-electron chi connectivity index (χ3n) is 4.73. The first-order valence-corrected chi connectivity index (χ1v) is 11.0. The first kappa shape index (κ1) is 18.8. The summed E-state index contributed by atoms with van der Waals surface area (Å²) < 4.78 is 6.29. The van der Waals surface area contributed by atoms with E-state index in [0.29, 0.717) is 13.1 Å². The number of hydrogen-bond acceptors (Lipinski definition) is 6. The average molecular weight is 413 g/mol. The second-order valence-corrected chi connectivity index (χ2v) is 8.54. The zero-order chi connectivity index (χ0) is 19.3. The molecule has 144 valence electrons. The van der Waals surface area contributed by atoms with Crippen LogP contribution < -0.4 is 0 Å². The Morgan fingerprint density at radius 3 is 3.00 bits per heavy atom. The van der Waals surface area contributed by atoms with Gasteiger partial charge in [0.1, 0.15) is 0 Å². The molecule has 3 aromatic rings. The lowest BCUT2D eigenvalue weighted by Gasteiger charge is -2.31. The third-order valence-corrected chi connectivity index (χ3v) is 6.63. The van der Waals surface area contributed by atoms with Crippen LogP contribution in [0.25, 0.3) is 16.3 Å². The summed E-state index contributed by atoms with van der Waals surface area (Å²) in [6, 6.07) is 10.0. The van der Waals surface area contributed by atoms with Gasteiger partial charge in [-0.25, -0.2) is 9.78 Å². The van der Waals surface area contributed by atoms with E-state index in [4.69, 9.17) is 9.72 Å². The molecule has 1 aliphatic heterocycles. The molecule has 0 bridgehead atoms. The van der Waals surface area contributed by atoms with Crippen LogP contribution in [0.15, 0.2) is 47.2 Å². The van der Waals surface area contributed by atoms with Crippen molar-refractivity contribution in [2.75, 3.05) is 19.7 Å². The minimum Gasteiger partial charge on any atom is -0.452 e. The number of amides is 1. The molecule has 1 aliphatic rings. The Bertz CT molecular complexity index is 961. The molecule has 28 heavy (non-hydrogen) atoms. The van der Waals surface area contributed by atoms with Crippen molar-refractivity contribution in [3.05, 3.63) is 57.7 Å². The number of ether oxygens (including phenoxy) is 1. The minimum atomic E-state index is -0.501. The molecule has 0 aliphatic carbocycles. The van der Waals surface area contributed by atoms with Crippen LogP contribution in [0.1, 0.15) is 29.3 Å². The zero-order valence-corrected chi connectivity index (χ0v) is 16.9. The molecule has 1 atom stereocenters. The number of hydrogen-bond donors (Lipinski definition) is 0. The van der Waals surface area contributed by atoms with Gasteiger partial charge in [0.25, 0.3) is 5.91 Å². The fourth-order valence-corrected chi connectivity index (χ4v) is 5.00. The van der Waals surface area contributed by atoms with Crippen LogP contribution in [-0.2, 0) is 14.3 Å². The van der Waals surface area contributed by atoms with Gasteiger partial charge in [0, 0.05) is 25.1 Å². The van der Waals surface area contributed by atoms with Crippen molar-refractivity contribution < 1.29 is 14.3 Å². The van der Waals surface area contributed by atoms with Gasteiger partial charge in [0.05, 0.1) is 15.2 Å². The van der Waals surface area contributed by atoms with E-state index in [0.717, 1.165) is 28.9 Å². The van der Waals surface area contributed by atoms with Crippen LogP contribution in [0, 0.1) is 0 Å². The van der Waals surface area contributed by atoms with E-state index < -0.39 is 5.97 Å². The molecule has 0 unspecified atom stereocenters. The number of aromatic nitrogens is 1. The number of esters is 1. The van der Waals surface area contributed by atoms with Crippen molar-refractivity contribution in [1.29, 1.82) is 0 Å². The quantitative estimate of drug-likeness (QED) is 0.463. The number of carbonyl (C=O) groups excluding carboxylic acids is 2. The Kier molecular flexibility index (Phi) is 5.83. The largest absolute Gasteiger partial charge is 0.452 e. The average Bonchev–Trinajstić information content (AvgIpc) is 3.40. The Morgan fingerprint density at radius 2 is 2.18 bits per heavy atom. The minimum absolute atomic E-state index is 0.150. The lowest BCUT2D eigenvalue weighted by Crippen LogP contribution is -2.41. The van der Waals surface area contributed by atoms with E-state index in [-0.39, 0.29) is 18.4 Å². The second-order valence-electron chi connectivity index (χ2n) is 6.70. The number of benzene rings is 1. The van der Waals surface area contributed by atoms with Crippen molar-refractivity contribution in [3.63, 3.8) is 0 Å². The molecule has 1 aromatic carbocycles. The number of rotatable bonds is 5. The number of carbonyl (C=O) groups is 2. The van der Waals surface area contributed by atoms with Crippen LogP contribution in [0.5, 0.6) is 0 Å². The number of thiazole rings is 1. The Balaban J connectivity index is 1.32. The molecule has 0 spiro atoms. The van der Waals surface area contributed by atoms with Gasteiger partial charge in [-0.3, -0.25) is 4.79 Å². The summed E-state index contributed by atoms with van der Waals surface area (Å²) in [4.78, 5) is 30.8. The molecule has 1 amide bonds. The third kappa shape index (κ3) is 4.48. The summed E-state index contributed by atoms with van der Waals surface area (Å²) in [7, 11) is 0. The maximum absolute atomic E-state index is 12.5. The predicted octanol–water partition coefficient (Wildman–Crippen LogP) is 4.32. The highest BCUT2D eigenvalue weighted by atomic mass is 32.1. The fourth-order valence-electron chi connectivity index (χ4n) is 3.28. The lowest BCUT2D eigenvalue weighted by molar-refractivity contribution is -0.148. The highest BCUT2D eigenvalue weighted by molar-refractivity contribution is 7.18. The van der Waals surface area contributed by atoms with Crippen LogP contribution in [0.2, 0.25) is 0 Å². The SMILES string of the molecule is O=C(/C=C/c1ccsc1)OCC(=O)N1CCC[C@@H](c2nc3ccccc3s2)C1. The maximum atomic E-state index is 12.5. The van der Waals surface area contributed by atoms with E-state index in [1.165, 1.54) is 10.8 Å². The van der Waals surface area contributed by atoms with Crippen LogP contribution >= 0.6 is 22.7 Å². The number of fused-ring (bicyclic) bond motifs is 1. The monoisotopic (exact) mass is 412 g/mol. The zero-order valence-electron chi connectivity index (χ0n) is 15.2. The van der Waals surface area contributed by atoms with Gasteiger partial charge in [0.15, 0.2) is 6.61 Å². The molecule has 3 heterocycles. The Morgan fingerprint density at radius 1 is 1.29 bits per heavy atom. The predicted molar refractivity (Wildman–Crippen MR) is 112 cm³/mol. The molecular formula is C21H20N2O3S2. The van der Waals surface area contributed by atoms with Gasteiger partial charge >= 0.3 is 5.97 Å². The molecular weight excluding hydrogens is 392 g/mol. The van der Waals surface area contributed by atoms with Crippen molar-refractivity contribution in [2.24, 2.45) is 0 Å². The number of thiophene rings is 1. The molecule has 5 nitrogen and oxygen atoms in total. The fraction of sp³-hybridized carbons (Fsp3) is 0.286. The molecule has 2 aromatic heterocycles. The molecule has 0 radical (unpaired) electrons. The van der Waals surface area contributed by atoms with Gasteiger partial charge in [-0.05, 0) is 53.4 Å². The molecule has 0 N–H and O–H groups in total. The Hall–Kier alpha value is -2.51. The first-order valence-electron chi connectivity index (χ1n) is 9.19. The summed E-state index contributed by atoms with van der Waals surface area (Å²) in [5.74, 6) is -0.410. The van der Waals surface area contributed by atoms with Crippen molar-refractivity contribution in [3.8, 4) is 0 Å². The maximum Gasteiger partial charge on any atom is 0.331 e. The molecule has 1 fully saturated rings. The van der Waals surface area contributed by atoms with Gasteiger partial charge in [-0.1, -0.05) is 12.1 Å². The van der Waals surface area contributed by atoms with Crippen molar-refractivity contribution >= 4 is 50.8 Å². The lowest BCUT2D eigenvalue weighted by atomic mass is 9.99. The van der Waals surface area contributed by atoms with E-state index in [1.807, 2.05) is 35.0 Å². The Labute approximate surface area is 171 Å². The van der Waals surface area contributed by atoms with E-state index in [2.05, 4.69) is 6.07 Å². The summed E-state index contributed by atoms with van der Waals surface area (Å²) in [6.45, 7) is 1.10. The summed E-state index contributed by atoms with van der Waals surface area (Å²) in [5, 5.41) is 4.95. The van der Waals surface area contributed by atoms with Gasteiger partial charge in [-0.15, -0.1) is 11.3 Å². The summed E-state index contributed by atoms with van der Waals surface area (Å²) >= 11 is 3.26. The number of nitrogens with zero attached hydrogens (tertiary/aromatic N) is 2. The number of para-hydroxylation sites is 1. The molecule has 7 heteroatoms. The van der Waals surface area contributed by atoms with E-state index in [1.54, 1.807) is 33.6 Å². The second kappa shape index (κ2) is 8.67. The number of likely N-dealkylation sites (tertiary alicyclic amines) is 1. The first-order chi connectivity index (χ1) is 13.7.